The maximum absolute atomic E-state index is 9.20. The summed E-state index contributed by atoms with van der Waals surface area (Å²) in [5, 5.41) is 13.0. The lowest BCUT2D eigenvalue weighted by molar-refractivity contribution is 0.336. The minimum atomic E-state index is 0.481. The zero-order chi connectivity index (χ0) is 14.5. The van der Waals surface area contributed by atoms with Crippen LogP contribution in [0, 0.1) is 11.3 Å². The van der Waals surface area contributed by atoms with Gasteiger partial charge in [0.05, 0.1) is 29.9 Å². The molecule has 1 aromatic heterocycles. The van der Waals surface area contributed by atoms with Gasteiger partial charge in [0.25, 0.3) is 0 Å². The van der Waals surface area contributed by atoms with E-state index in [9.17, 15) is 5.26 Å². The fourth-order valence-electron chi connectivity index (χ4n) is 2.14. The van der Waals surface area contributed by atoms with E-state index in [1.54, 1.807) is 13.2 Å². The van der Waals surface area contributed by atoms with E-state index in [1.807, 2.05) is 26.0 Å². The SMILES string of the molecule is CCOc1ccc(OCC)c2c(NC)c(C#N)cnc12. The molecule has 2 rings (SSSR count). The lowest BCUT2D eigenvalue weighted by Gasteiger charge is -2.15. The number of rotatable bonds is 5. The maximum atomic E-state index is 9.20. The van der Waals surface area contributed by atoms with Crippen LogP contribution < -0.4 is 14.8 Å². The second kappa shape index (κ2) is 6.11. The molecule has 0 unspecified atom stereocenters. The van der Waals surface area contributed by atoms with Crippen molar-refractivity contribution in [3.05, 3.63) is 23.9 Å². The van der Waals surface area contributed by atoms with Crippen LogP contribution in [0.4, 0.5) is 5.69 Å². The summed E-state index contributed by atoms with van der Waals surface area (Å²) in [6, 6.07) is 5.83. The third-order valence-corrected chi connectivity index (χ3v) is 2.91. The van der Waals surface area contributed by atoms with Crippen LogP contribution in [-0.2, 0) is 0 Å². The molecule has 1 N–H and O–H groups in total. The summed E-state index contributed by atoms with van der Waals surface area (Å²) in [5.41, 5.74) is 1.89. The van der Waals surface area contributed by atoms with E-state index in [4.69, 9.17) is 9.47 Å². The van der Waals surface area contributed by atoms with Gasteiger partial charge in [-0.25, -0.2) is 0 Å². The van der Waals surface area contributed by atoms with Crippen molar-refractivity contribution >= 4 is 16.6 Å². The maximum Gasteiger partial charge on any atom is 0.145 e. The largest absolute Gasteiger partial charge is 0.493 e. The van der Waals surface area contributed by atoms with E-state index in [-0.39, 0.29) is 0 Å². The molecule has 5 heteroatoms. The standard InChI is InChI=1S/C15H17N3O2/c1-4-19-11-6-7-12(20-5-2)15-13(11)14(17-3)10(8-16)9-18-15/h6-7,9H,4-5H2,1-3H3,(H,17,18). The number of nitrogens with zero attached hydrogens (tertiary/aromatic N) is 2. The van der Waals surface area contributed by atoms with Crippen molar-refractivity contribution < 1.29 is 9.47 Å². The van der Waals surface area contributed by atoms with Gasteiger partial charge in [-0.3, -0.25) is 4.98 Å². The molecule has 20 heavy (non-hydrogen) atoms. The van der Waals surface area contributed by atoms with Gasteiger partial charge in [0.15, 0.2) is 0 Å². The smallest absolute Gasteiger partial charge is 0.145 e. The number of ether oxygens (including phenoxy) is 2. The number of nitriles is 1. The van der Waals surface area contributed by atoms with Crippen LogP contribution in [0.15, 0.2) is 18.3 Å². The van der Waals surface area contributed by atoms with Gasteiger partial charge in [-0.2, -0.15) is 5.26 Å². The normalized spacial score (nSPS) is 10.1. The minimum absolute atomic E-state index is 0.481. The molecule has 1 heterocycles. The van der Waals surface area contributed by atoms with E-state index in [0.29, 0.717) is 41.5 Å². The monoisotopic (exact) mass is 271 g/mol. The molecule has 1 aromatic carbocycles. The van der Waals surface area contributed by atoms with Crippen molar-refractivity contribution in [1.82, 2.24) is 4.98 Å². The molecule has 104 valence electrons. The quantitative estimate of drug-likeness (QED) is 0.905. The van der Waals surface area contributed by atoms with Crippen molar-refractivity contribution in [1.29, 1.82) is 5.26 Å². The predicted octanol–water partition coefficient (Wildman–Crippen LogP) is 2.95. The molecule has 0 saturated heterocycles. The first-order chi connectivity index (χ1) is 9.76. The van der Waals surface area contributed by atoms with Crippen LogP contribution in [0.5, 0.6) is 11.5 Å². The Morgan fingerprint density at radius 3 is 2.45 bits per heavy atom. The van der Waals surface area contributed by atoms with Crippen LogP contribution >= 0.6 is 0 Å². The molecule has 0 bridgehead atoms. The number of nitrogens with one attached hydrogen (secondary N) is 1. The highest BCUT2D eigenvalue weighted by Gasteiger charge is 2.16. The number of benzene rings is 1. The summed E-state index contributed by atoms with van der Waals surface area (Å²) in [5.74, 6) is 1.38. The molecule has 0 fully saturated rings. The third kappa shape index (κ3) is 2.32. The first kappa shape index (κ1) is 13.9. The van der Waals surface area contributed by atoms with Crippen LogP contribution in [-0.4, -0.2) is 25.2 Å². The summed E-state index contributed by atoms with van der Waals surface area (Å²) >= 11 is 0. The van der Waals surface area contributed by atoms with E-state index in [1.165, 1.54) is 0 Å². The van der Waals surface area contributed by atoms with E-state index >= 15 is 0 Å². The van der Waals surface area contributed by atoms with E-state index in [2.05, 4.69) is 16.4 Å². The van der Waals surface area contributed by atoms with Crippen LogP contribution in [0.1, 0.15) is 19.4 Å². The van der Waals surface area contributed by atoms with Gasteiger partial charge < -0.3 is 14.8 Å². The van der Waals surface area contributed by atoms with Crippen LogP contribution in [0.3, 0.4) is 0 Å². The Balaban J connectivity index is 2.81. The van der Waals surface area contributed by atoms with Gasteiger partial charge >= 0.3 is 0 Å². The summed E-state index contributed by atoms with van der Waals surface area (Å²) in [6.07, 6.45) is 1.55. The van der Waals surface area contributed by atoms with Gasteiger partial charge in [0.2, 0.25) is 0 Å². The molecule has 0 saturated carbocycles. The lowest BCUT2D eigenvalue weighted by Crippen LogP contribution is -2.02. The average Bonchev–Trinajstić information content (AvgIpc) is 2.48. The Hall–Kier alpha value is -2.48. The lowest BCUT2D eigenvalue weighted by atomic mass is 10.1. The molecular weight excluding hydrogens is 254 g/mol. The second-order valence-electron chi connectivity index (χ2n) is 4.06. The van der Waals surface area contributed by atoms with Gasteiger partial charge in [0, 0.05) is 13.2 Å². The first-order valence-electron chi connectivity index (χ1n) is 6.55. The van der Waals surface area contributed by atoms with Gasteiger partial charge in [-0.05, 0) is 26.0 Å². The van der Waals surface area contributed by atoms with Gasteiger partial charge in [-0.1, -0.05) is 0 Å². The van der Waals surface area contributed by atoms with Crippen LogP contribution in [0.2, 0.25) is 0 Å². The molecule has 5 nitrogen and oxygen atoms in total. The molecule has 2 aromatic rings. The molecule has 0 radical (unpaired) electrons. The zero-order valence-electron chi connectivity index (χ0n) is 11.9. The van der Waals surface area contributed by atoms with Crippen molar-refractivity contribution in [3.63, 3.8) is 0 Å². The van der Waals surface area contributed by atoms with Crippen molar-refractivity contribution in [2.45, 2.75) is 13.8 Å². The Bertz CT molecular complexity index is 662. The second-order valence-corrected chi connectivity index (χ2v) is 4.06. The molecule has 0 aliphatic rings. The number of hydrogen-bond acceptors (Lipinski definition) is 5. The fraction of sp³-hybridized carbons (Fsp3) is 0.333. The first-order valence-corrected chi connectivity index (χ1v) is 6.55. The molecular formula is C15H17N3O2. The summed E-state index contributed by atoms with van der Waals surface area (Å²) < 4.78 is 11.2. The van der Waals surface area contributed by atoms with Crippen molar-refractivity contribution in [2.75, 3.05) is 25.6 Å². The highest BCUT2D eigenvalue weighted by molar-refractivity contribution is 6.01. The van der Waals surface area contributed by atoms with Gasteiger partial charge in [-0.15, -0.1) is 0 Å². The third-order valence-electron chi connectivity index (χ3n) is 2.91. The Morgan fingerprint density at radius 2 is 1.85 bits per heavy atom. The highest BCUT2D eigenvalue weighted by Crippen LogP contribution is 2.38. The predicted molar refractivity (Wildman–Crippen MR) is 78.3 cm³/mol. The number of hydrogen-bond donors (Lipinski definition) is 1. The Labute approximate surface area is 118 Å². The summed E-state index contributed by atoms with van der Waals surface area (Å²) in [6.45, 7) is 4.94. The van der Waals surface area contributed by atoms with Gasteiger partial charge in [0.1, 0.15) is 23.1 Å². The highest BCUT2D eigenvalue weighted by atomic mass is 16.5. The summed E-state index contributed by atoms with van der Waals surface area (Å²) in [7, 11) is 1.78. The minimum Gasteiger partial charge on any atom is -0.493 e. The molecule has 0 aliphatic carbocycles. The van der Waals surface area contributed by atoms with E-state index < -0.39 is 0 Å². The number of anilines is 1. The van der Waals surface area contributed by atoms with Crippen molar-refractivity contribution in [2.24, 2.45) is 0 Å². The molecule has 0 atom stereocenters. The number of pyridine rings is 1. The molecule has 0 amide bonds. The Kier molecular flexibility index (Phi) is 4.26. The summed E-state index contributed by atoms with van der Waals surface area (Å²) in [4.78, 5) is 4.35. The molecule has 0 aliphatic heterocycles. The number of fused-ring (bicyclic) bond motifs is 1. The van der Waals surface area contributed by atoms with Crippen LogP contribution in [0.25, 0.3) is 10.9 Å². The number of aromatic nitrogens is 1. The molecule has 0 spiro atoms. The Morgan fingerprint density at radius 1 is 1.20 bits per heavy atom. The van der Waals surface area contributed by atoms with E-state index in [0.717, 1.165) is 5.39 Å². The zero-order valence-corrected chi connectivity index (χ0v) is 11.9. The fourth-order valence-corrected chi connectivity index (χ4v) is 2.14. The topological polar surface area (TPSA) is 67.2 Å². The average molecular weight is 271 g/mol. The van der Waals surface area contributed by atoms with Crippen molar-refractivity contribution in [3.8, 4) is 17.6 Å².